The number of aromatic nitrogens is 2. The average molecular weight is 564 g/mol. The van der Waals surface area contributed by atoms with Gasteiger partial charge in [-0.15, -0.1) is 11.8 Å². The monoisotopic (exact) mass is 563 g/mol. The summed E-state index contributed by atoms with van der Waals surface area (Å²) < 4.78 is 73.8. The lowest BCUT2D eigenvalue weighted by atomic mass is 9.76. The lowest BCUT2D eigenvalue weighted by Crippen LogP contribution is -2.48. The van der Waals surface area contributed by atoms with Crippen LogP contribution in [-0.4, -0.2) is 34.2 Å². The lowest BCUT2D eigenvalue weighted by Gasteiger charge is -2.41. The number of rotatable bonds is 4. The number of hydrogen-bond donors (Lipinski definition) is 0. The quantitative estimate of drug-likeness (QED) is 0.275. The summed E-state index contributed by atoms with van der Waals surface area (Å²) in [5, 5.41) is 0.130. The molecule has 2 aliphatic heterocycles. The summed E-state index contributed by atoms with van der Waals surface area (Å²) in [6.45, 7) is 8.18. The van der Waals surface area contributed by atoms with Crippen molar-refractivity contribution in [1.82, 2.24) is 9.55 Å². The first kappa shape index (κ1) is 27.4. The molecule has 2 aliphatic rings. The van der Waals surface area contributed by atoms with Crippen molar-refractivity contribution in [3.8, 4) is 11.1 Å². The van der Waals surface area contributed by atoms with Gasteiger partial charge in [-0.3, -0.25) is 9.36 Å². The molecule has 3 atom stereocenters. The van der Waals surface area contributed by atoms with E-state index >= 15 is 0 Å². The fourth-order valence-electron chi connectivity index (χ4n) is 5.99. The van der Waals surface area contributed by atoms with Gasteiger partial charge in [-0.05, 0) is 48.3 Å². The smallest absolute Gasteiger partial charge is 0.355 e. The van der Waals surface area contributed by atoms with Crippen LogP contribution in [0.25, 0.3) is 22.0 Å². The Morgan fingerprint density at radius 1 is 1.15 bits per heavy atom. The lowest BCUT2D eigenvalue weighted by molar-refractivity contribution is -0.137. The zero-order valence-electron chi connectivity index (χ0n) is 21.3. The number of anilines is 1. The number of hydrogen-bond acceptors (Lipinski definition) is 5. The van der Waals surface area contributed by atoms with Crippen LogP contribution in [0, 0.1) is 29.4 Å². The molecule has 5 rings (SSSR count). The third-order valence-corrected chi connectivity index (χ3v) is 8.73. The molecule has 0 radical (unpaired) electrons. The van der Waals surface area contributed by atoms with E-state index in [1.807, 2.05) is 13.8 Å². The molecule has 39 heavy (non-hydrogen) atoms. The van der Waals surface area contributed by atoms with Crippen LogP contribution in [-0.2, 0) is 17.5 Å². The highest BCUT2D eigenvalue weighted by molar-refractivity contribution is 7.99. The Morgan fingerprint density at radius 2 is 1.85 bits per heavy atom. The average Bonchev–Trinajstić information content (AvgIpc) is 3.09. The van der Waals surface area contributed by atoms with Crippen molar-refractivity contribution in [1.29, 1.82) is 0 Å². The van der Waals surface area contributed by atoms with E-state index in [0.717, 1.165) is 30.0 Å². The number of aryl methyl sites for hydroxylation is 1. The number of allylic oxidation sites excluding steroid dienone is 1. The van der Waals surface area contributed by atoms with Gasteiger partial charge in [-0.1, -0.05) is 20.4 Å². The zero-order valence-corrected chi connectivity index (χ0v) is 22.1. The Hall–Kier alpha value is -3.21. The maximum Gasteiger partial charge on any atom is 0.417 e. The summed E-state index contributed by atoms with van der Waals surface area (Å²) in [5.74, 6) is -2.28. The van der Waals surface area contributed by atoms with Crippen LogP contribution >= 0.6 is 11.8 Å². The maximum absolute atomic E-state index is 15.0. The number of nitrogens with zero attached hydrogens (tertiary/aromatic N) is 3. The van der Waals surface area contributed by atoms with Crippen molar-refractivity contribution in [3.05, 3.63) is 64.6 Å². The number of halogens is 5. The van der Waals surface area contributed by atoms with Gasteiger partial charge in [0, 0.05) is 53.0 Å². The van der Waals surface area contributed by atoms with Gasteiger partial charge >= 0.3 is 11.9 Å². The molecule has 0 spiro atoms. The third-order valence-electron chi connectivity index (χ3n) is 7.55. The SMILES string of the molecule is C=CC(=O)C1[C@H](C)CN(c2nc(=O)n3c4c(c(-c5ccc(F)cc5F)c(C(F)(F)F)cc24)SCCC3)C[C@@H]1C. The van der Waals surface area contributed by atoms with Gasteiger partial charge in [0.05, 0.1) is 11.1 Å². The molecule has 5 nitrogen and oxygen atoms in total. The highest BCUT2D eigenvalue weighted by Gasteiger charge is 2.40. The molecule has 206 valence electrons. The Bertz CT molecular complexity index is 1540. The highest BCUT2D eigenvalue weighted by atomic mass is 32.2. The molecule has 1 unspecified atom stereocenters. The van der Waals surface area contributed by atoms with Gasteiger partial charge in [-0.25, -0.2) is 13.6 Å². The summed E-state index contributed by atoms with van der Waals surface area (Å²) in [6, 6.07) is 3.39. The Morgan fingerprint density at radius 3 is 2.46 bits per heavy atom. The van der Waals surface area contributed by atoms with Crippen molar-refractivity contribution >= 4 is 34.3 Å². The first-order valence-corrected chi connectivity index (χ1v) is 13.6. The van der Waals surface area contributed by atoms with Crippen molar-refractivity contribution in [2.45, 2.75) is 37.9 Å². The van der Waals surface area contributed by atoms with Crippen molar-refractivity contribution < 1.29 is 26.7 Å². The van der Waals surface area contributed by atoms with Gasteiger partial charge in [0.15, 0.2) is 5.78 Å². The van der Waals surface area contributed by atoms with Crippen molar-refractivity contribution in [3.63, 3.8) is 0 Å². The minimum atomic E-state index is -4.88. The molecule has 11 heteroatoms. The number of piperidine rings is 1. The van der Waals surface area contributed by atoms with E-state index in [2.05, 4.69) is 11.6 Å². The second-order valence-corrected chi connectivity index (χ2v) is 11.3. The number of thioether (sulfide) groups is 1. The Kier molecular flexibility index (Phi) is 7.07. The molecule has 1 saturated heterocycles. The van der Waals surface area contributed by atoms with E-state index in [4.69, 9.17) is 0 Å². The van der Waals surface area contributed by atoms with E-state index in [0.29, 0.717) is 31.3 Å². The minimum absolute atomic E-state index is 0.0993. The van der Waals surface area contributed by atoms with Crippen LogP contribution < -0.4 is 10.6 Å². The molecule has 0 saturated carbocycles. The number of carbonyl (C=O) groups is 1. The summed E-state index contributed by atoms with van der Waals surface area (Å²) in [6.07, 6.45) is -3.10. The van der Waals surface area contributed by atoms with Gasteiger partial charge in [0.2, 0.25) is 0 Å². The molecule has 3 heterocycles. The molecule has 2 aromatic carbocycles. The second kappa shape index (κ2) is 10.1. The summed E-state index contributed by atoms with van der Waals surface area (Å²) in [5.41, 5.74) is -2.25. The molecule has 1 fully saturated rings. The van der Waals surface area contributed by atoms with E-state index in [1.165, 1.54) is 10.6 Å². The largest absolute Gasteiger partial charge is 0.417 e. The number of benzene rings is 2. The summed E-state index contributed by atoms with van der Waals surface area (Å²) >= 11 is 1.12. The van der Waals surface area contributed by atoms with Crippen LogP contribution in [0.4, 0.5) is 27.8 Å². The Balaban J connectivity index is 1.82. The van der Waals surface area contributed by atoms with Crippen LogP contribution in [0.1, 0.15) is 25.8 Å². The van der Waals surface area contributed by atoms with Gasteiger partial charge < -0.3 is 4.90 Å². The topological polar surface area (TPSA) is 55.2 Å². The standard InChI is InChI=1S/C28H26F5N3O2S/c1-4-21(37)22-14(2)12-35(13-15(22)3)26-18-11-19(28(31,32)33)23(17-7-6-16(29)10-20(17)30)25-24(18)36(27(38)34-26)8-5-9-39-25/h4,6-7,10-11,14-15,22H,1,5,8-9,12-13H2,2-3H3/t14-,15+,22?. The fraction of sp³-hybridized carbons (Fsp3) is 0.393. The molecule has 0 bridgehead atoms. The number of alkyl halides is 3. The zero-order chi connectivity index (χ0) is 28.2. The minimum Gasteiger partial charge on any atom is -0.355 e. The van der Waals surface area contributed by atoms with Crippen LogP contribution in [0.3, 0.4) is 0 Å². The molecule has 1 aromatic heterocycles. The van der Waals surface area contributed by atoms with Crippen LogP contribution in [0.2, 0.25) is 0 Å². The molecule has 0 aliphatic carbocycles. The summed E-state index contributed by atoms with van der Waals surface area (Å²) in [7, 11) is 0. The second-order valence-electron chi connectivity index (χ2n) is 10.2. The van der Waals surface area contributed by atoms with E-state index < -0.39 is 40.2 Å². The van der Waals surface area contributed by atoms with Crippen LogP contribution in [0.5, 0.6) is 0 Å². The van der Waals surface area contributed by atoms with Gasteiger partial charge in [-0.2, -0.15) is 18.2 Å². The number of ketones is 1. The van der Waals surface area contributed by atoms with Crippen molar-refractivity contribution in [2.75, 3.05) is 23.7 Å². The van der Waals surface area contributed by atoms with E-state index in [-0.39, 0.29) is 51.7 Å². The first-order valence-electron chi connectivity index (χ1n) is 12.6. The highest BCUT2D eigenvalue weighted by Crippen LogP contribution is 2.49. The van der Waals surface area contributed by atoms with Crippen molar-refractivity contribution in [2.24, 2.45) is 17.8 Å². The third kappa shape index (κ3) is 4.74. The molecule has 0 N–H and O–H groups in total. The summed E-state index contributed by atoms with van der Waals surface area (Å²) in [4.78, 5) is 31.9. The number of carbonyl (C=O) groups excluding carboxylic acids is 1. The normalized spacial score (nSPS) is 21.6. The maximum atomic E-state index is 15.0. The predicted molar refractivity (Wildman–Crippen MR) is 141 cm³/mol. The van der Waals surface area contributed by atoms with Gasteiger partial charge in [0.1, 0.15) is 17.5 Å². The van der Waals surface area contributed by atoms with Crippen LogP contribution in [0.15, 0.2) is 46.6 Å². The fourth-order valence-corrected chi connectivity index (χ4v) is 7.19. The predicted octanol–water partition coefficient (Wildman–Crippen LogP) is 6.32. The molecule has 3 aromatic rings. The molecule has 0 amide bonds. The van der Waals surface area contributed by atoms with E-state index in [1.54, 1.807) is 4.90 Å². The van der Waals surface area contributed by atoms with E-state index in [9.17, 15) is 31.5 Å². The molecular weight excluding hydrogens is 537 g/mol. The molecular formula is C28H26F5N3O2S. The first-order chi connectivity index (χ1) is 18.4. The van der Waals surface area contributed by atoms with Gasteiger partial charge in [0.25, 0.3) is 0 Å². The Labute approximate surface area is 225 Å².